The van der Waals surface area contributed by atoms with Gasteiger partial charge in [0, 0.05) is 44.9 Å². The van der Waals surface area contributed by atoms with E-state index in [0.29, 0.717) is 13.1 Å². The van der Waals surface area contributed by atoms with Crippen LogP contribution >= 0.6 is 0 Å². The first kappa shape index (κ1) is 15.8. The molecule has 0 radical (unpaired) electrons. The maximum atomic E-state index is 12.6. The predicted octanol–water partition coefficient (Wildman–Crippen LogP) is 1.60. The number of anilines is 1. The molecule has 7 heteroatoms. The Bertz CT molecular complexity index is 786. The summed E-state index contributed by atoms with van der Waals surface area (Å²) in [5.74, 6) is 1.37. The Balaban J connectivity index is 1.40. The summed E-state index contributed by atoms with van der Waals surface area (Å²) in [6.45, 7) is 1.83. The predicted molar refractivity (Wildman–Crippen MR) is 91.6 cm³/mol. The number of nitrogens with zero attached hydrogens (tertiary/aromatic N) is 4. The minimum atomic E-state index is -0.320. The summed E-state index contributed by atoms with van der Waals surface area (Å²) >= 11 is 0. The topological polar surface area (TPSA) is 80.1 Å². The van der Waals surface area contributed by atoms with Gasteiger partial charge >= 0.3 is 0 Å². The van der Waals surface area contributed by atoms with Crippen molar-refractivity contribution in [2.24, 2.45) is 5.92 Å². The molecule has 2 amide bonds. The molecule has 0 aliphatic carbocycles. The molecule has 0 bridgehead atoms. The molecule has 2 aromatic rings. The smallest absolute Gasteiger partial charge is 0.230 e. The highest BCUT2D eigenvalue weighted by molar-refractivity contribution is 5.96. The number of aryl methyl sites for hydroxylation is 1. The third-order valence-electron chi connectivity index (χ3n) is 4.90. The summed E-state index contributed by atoms with van der Waals surface area (Å²) in [6.07, 6.45) is 8.64. The molecular weight excluding hydrogens is 318 g/mol. The lowest BCUT2D eigenvalue weighted by Crippen LogP contribution is -2.28. The number of imidazole rings is 1. The van der Waals surface area contributed by atoms with Gasteiger partial charge in [-0.2, -0.15) is 0 Å². The van der Waals surface area contributed by atoms with E-state index in [0.717, 1.165) is 43.0 Å². The van der Waals surface area contributed by atoms with Gasteiger partial charge in [0.2, 0.25) is 11.8 Å². The van der Waals surface area contributed by atoms with Crippen LogP contribution < -0.4 is 5.32 Å². The third kappa shape index (κ3) is 3.26. The molecule has 7 nitrogen and oxygen atoms in total. The summed E-state index contributed by atoms with van der Waals surface area (Å²) in [5.41, 5.74) is 0.974. The van der Waals surface area contributed by atoms with Crippen LogP contribution in [0.5, 0.6) is 0 Å². The van der Waals surface area contributed by atoms with Crippen molar-refractivity contribution in [3.05, 3.63) is 42.1 Å². The first-order valence-electron chi connectivity index (χ1n) is 8.72. The highest BCUT2D eigenvalue weighted by Crippen LogP contribution is 2.24. The van der Waals surface area contributed by atoms with Crippen molar-refractivity contribution in [3.63, 3.8) is 0 Å². The molecule has 2 aliphatic heterocycles. The van der Waals surface area contributed by atoms with Gasteiger partial charge in [-0.05, 0) is 24.5 Å². The van der Waals surface area contributed by atoms with E-state index in [4.69, 9.17) is 0 Å². The maximum Gasteiger partial charge on any atom is 0.230 e. The maximum absolute atomic E-state index is 12.6. The number of aromatic nitrogens is 3. The molecular formula is C18H21N5O2. The standard InChI is InChI=1S/C18H21N5O2/c24-17-8-14(12-22(17)11-13-4-3-6-19-9-13)18(25)21-16-10-20-15-5-1-2-7-23(15)16/h3-4,6,9-10,14H,1-2,5,7-8,11-12H2,(H,21,25)/t14-/m0/s1. The van der Waals surface area contributed by atoms with Gasteiger partial charge in [0.15, 0.2) is 0 Å². The molecule has 0 aromatic carbocycles. The summed E-state index contributed by atoms with van der Waals surface area (Å²) in [6, 6.07) is 3.79. The number of nitrogens with one attached hydrogen (secondary N) is 1. The van der Waals surface area contributed by atoms with Crippen molar-refractivity contribution < 1.29 is 9.59 Å². The van der Waals surface area contributed by atoms with E-state index in [1.807, 2.05) is 12.1 Å². The van der Waals surface area contributed by atoms with Crippen molar-refractivity contribution in [2.75, 3.05) is 11.9 Å². The van der Waals surface area contributed by atoms with Gasteiger partial charge in [0.1, 0.15) is 11.6 Å². The van der Waals surface area contributed by atoms with Crippen LogP contribution in [0.3, 0.4) is 0 Å². The number of hydrogen-bond acceptors (Lipinski definition) is 4. The minimum absolute atomic E-state index is 0.0133. The number of hydrogen-bond donors (Lipinski definition) is 1. The number of rotatable bonds is 4. The monoisotopic (exact) mass is 339 g/mol. The van der Waals surface area contributed by atoms with E-state index < -0.39 is 0 Å². The van der Waals surface area contributed by atoms with Gasteiger partial charge in [0.05, 0.1) is 12.1 Å². The average molecular weight is 339 g/mol. The number of amides is 2. The van der Waals surface area contributed by atoms with Crippen LogP contribution in [-0.2, 0) is 29.1 Å². The zero-order valence-corrected chi connectivity index (χ0v) is 14.0. The molecule has 1 atom stereocenters. The Labute approximate surface area is 146 Å². The van der Waals surface area contributed by atoms with Crippen molar-refractivity contribution >= 4 is 17.6 Å². The van der Waals surface area contributed by atoms with Crippen molar-refractivity contribution in [2.45, 2.75) is 38.8 Å². The van der Waals surface area contributed by atoms with Gasteiger partial charge in [-0.25, -0.2) is 4.98 Å². The molecule has 4 heterocycles. The highest BCUT2D eigenvalue weighted by Gasteiger charge is 2.34. The number of pyridine rings is 1. The van der Waals surface area contributed by atoms with Crippen LogP contribution in [0.4, 0.5) is 5.82 Å². The van der Waals surface area contributed by atoms with Crippen LogP contribution in [0.25, 0.3) is 0 Å². The fraction of sp³-hybridized carbons (Fsp3) is 0.444. The third-order valence-corrected chi connectivity index (χ3v) is 4.90. The molecule has 2 aromatic heterocycles. The Morgan fingerprint density at radius 2 is 2.24 bits per heavy atom. The molecule has 0 spiro atoms. The molecule has 1 saturated heterocycles. The second-order valence-electron chi connectivity index (χ2n) is 6.69. The van der Waals surface area contributed by atoms with E-state index in [1.54, 1.807) is 23.5 Å². The van der Waals surface area contributed by atoms with Crippen molar-refractivity contribution in [1.82, 2.24) is 19.4 Å². The number of fused-ring (bicyclic) bond motifs is 1. The molecule has 1 N–H and O–H groups in total. The van der Waals surface area contributed by atoms with Crippen LogP contribution in [0.15, 0.2) is 30.7 Å². The van der Waals surface area contributed by atoms with Crippen LogP contribution in [0.1, 0.15) is 30.7 Å². The minimum Gasteiger partial charge on any atom is -0.337 e. The largest absolute Gasteiger partial charge is 0.337 e. The number of carbonyl (C=O) groups excluding carboxylic acids is 2. The van der Waals surface area contributed by atoms with Gasteiger partial charge in [-0.3, -0.25) is 14.6 Å². The highest BCUT2D eigenvalue weighted by atomic mass is 16.2. The SMILES string of the molecule is O=C(Nc1cnc2n1CCCC2)[C@H]1CC(=O)N(Cc2cccnc2)C1. The van der Waals surface area contributed by atoms with Gasteiger partial charge in [-0.15, -0.1) is 0 Å². The molecule has 1 fully saturated rings. The fourth-order valence-corrected chi connectivity index (χ4v) is 3.56. The summed E-state index contributed by atoms with van der Waals surface area (Å²) in [4.78, 5) is 35.0. The lowest BCUT2D eigenvalue weighted by molar-refractivity contribution is -0.128. The summed E-state index contributed by atoms with van der Waals surface area (Å²) in [7, 11) is 0. The second kappa shape index (κ2) is 6.66. The lowest BCUT2D eigenvalue weighted by atomic mass is 10.1. The van der Waals surface area contributed by atoms with Crippen LogP contribution in [0, 0.1) is 5.92 Å². The molecule has 0 unspecified atom stereocenters. The first-order chi connectivity index (χ1) is 12.2. The Morgan fingerprint density at radius 1 is 1.32 bits per heavy atom. The van der Waals surface area contributed by atoms with E-state index >= 15 is 0 Å². The van der Waals surface area contributed by atoms with Crippen LogP contribution in [-0.4, -0.2) is 37.8 Å². The first-order valence-corrected chi connectivity index (χ1v) is 8.72. The fourth-order valence-electron chi connectivity index (χ4n) is 3.56. The van der Waals surface area contributed by atoms with Gasteiger partial charge < -0.3 is 14.8 Å². The zero-order chi connectivity index (χ0) is 17.2. The Morgan fingerprint density at radius 3 is 3.08 bits per heavy atom. The van der Waals surface area contributed by atoms with Gasteiger partial charge in [-0.1, -0.05) is 6.07 Å². The number of carbonyl (C=O) groups is 2. The summed E-state index contributed by atoms with van der Waals surface area (Å²) < 4.78 is 2.07. The van der Waals surface area contributed by atoms with Gasteiger partial charge in [0.25, 0.3) is 0 Å². The molecule has 130 valence electrons. The summed E-state index contributed by atoms with van der Waals surface area (Å²) in [5, 5.41) is 2.97. The molecule has 2 aliphatic rings. The average Bonchev–Trinajstić information content (AvgIpc) is 3.20. The Kier molecular flexibility index (Phi) is 4.21. The lowest BCUT2D eigenvalue weighted by Gasteiger charge is -2.18. The van der Waals surface area contributed by atoms with E-state index in [2.05, 4.69) is 19.9 Å². The normalized spacial score (nSPS) is 19.8. The second-order valence-corrected chi connectivity index (χ2v) is 6.69. The van der Waals surface area contributed by atoms with E-state index in [1.165, 1.54) is 0 Å². The van der Waals surface area contributed by atoms with Crippen LogP contribution in [0.2, 0.25) is 0 Å². The quantitative estimate of drug-likeness (QED) is 0.917. The Hall–Kier alpha value is -2.70. The van der Waals surface area contributed by atoms with Crippen molar-refractivity contribution in [1.29, 1.82) is 0 Å². The van der Waals surface area contributed by atoms with E-state index in [-0.39, 0.29) is 24.2 Å². The van der Waals surface area contributed by atoms with E-state index in [9.17, 15) is 9.59 Å². The molecule has 25 heavy (non-hydrogen) atoms. The van der Waals surface area contributed by atoms with Crippen molar-refractivity contribution in [3.8, 4) is 0 Å². The molecule has 4 rings (SSSR count). The molecule has 0 saturated carbocycles. The number of likely N-dealkylation sites (tertiary alicyclic amines) is 1. The zero-order valence-electron chi connectivity index (χ0n) is 14.0.